The van der Waals surface area contributed by atoms with Gasteiger partial charge in [-0.05, 0) is 36.8 Å². The molecule has 7 heteroatoms. The molecule has 0 radical (unpaired) electrons. The van der Waals surface area contributed by atoms with Gasteiger partial charge in [0.05, 0.1) is 5.69 Å². The van der Waals surface area contributed by atoms with Crippen molar-refractivity contribution in [1.82, 2.24) is 9.97 Å². The third kappa shape index (κ3) is 7.06. The van der Waals surface area contributed by atoms with Crippen LogP contribution >= 0.6 is 11.6 Å². The first-order valence-electron chi connectivity index (χ1n) is 9.60. The molecule has 0 aliphatic rings. The Morgan fingerprint density at radius 3 is 2.28 bits per heavy atom. The normalized spacial score (nSPS) is 12.7. The van der Waals surface area contributed by atoms with Gasteiger partial charge in [0.1, 0.15) is 0 Å². The molecule has 2 aromatic rings. The molecule has 1 aromatic heterocycles. The van der Waals surface area contributed by atoms with Crippen LogP contribution in [0.4, 0.5) is 0 Å². The number of nitrogens with zero attached hydrogens (tertiary/aromatic N) is 1. The van der Waals surface area contributed by atoms with E-state index in [0.717, 1.165) is 36.4 Å². The molecule has 6 nitrogen and oxygen atoms in total. The van der Waals surface area contributed by atoms with Crippen LogP contribution in [-0.4, -0.2) is 27.0 Å². The molecule has 0 saturated carbocycles. The van der Waals surface area contributed by atoms with Gasteiger partial charge in [0.15, 0.2) is 11.9 Å². The monoisotopic (exact) mass is 418 g/mol. The van der Waals surface area contributed by atoms with Gasteiger partial charge >= 0.3 is 11.9 Å². The summed E-state index contributed by atoms with van der Waals surface area (Å²) in [6.07, 6.45) is 2.47. The highest BCUT2D eigenvalue weighted by Gasteiger charge is 2.24. The van der Waals surface area contributed by atoms with Crippen LogP contribution in [0.5, 0.6) is 0 Å². The number of benzene rings is 1. The molecule has 0 bridgehead atoms. The highest BCUT2D eigenvalue weighted by Crippen LogP contribution is 2.28. The molecule has 0 spiro atoms. The zero-order chi connectivity index (χ0) is 21.6. The molecule has 1 atom stereocenters. The Labute approximate surface area is 176 Å². The van der Waals surface area contributed by atoms with Crippen LogP contribution in [0.25, 0.3) is 0 Å². The number of esters is 1. The van der Waals surface area contributed by atoms with Gasteiger partial charge in [-0.2, -0.15) is 0 Å². The number of aromatic amines is 1. The van der Waals surface area contributed by atoms with Crippen LogP contribution in [0.1, 0.15) is 56.6 Å². The minimum absolute atomic E-state index is 0.423. The van der Waals surface area contributed by atoms with Crippen molar-refractivity contribution in [2.75, 3.05) is 0 Å². The van der Waals surface area contributed by atoms with Crippen molar-refractivity contribution in [3.8, 4) is 0 Å². The average Bonchev–Trinajstić information content (AvgIpc) is 2.99. The van der Waals surface area contributed by atoms with E-state index in [9.17, 15) is 9.59 Å². The first-order chi connectivity index (χ1) is 13.7. The molecular formula is C22H27ClN2O4. The molecule has 0 aliphatic carbocycles. The van der Waals surface area contributed by atoms with E-state index in [4.69, 9.17) is 26.4 Å². The summed E-state index contributed by atoms with van der Waals surface area (Å²) in [5, 5.41) is 9.30. The predicted molar refractivity (Wildman–Crippen MR) is 112 cm³/mol. The van der Waals surface area contributed by atoms with Crippen molar-refractivity contribution in [2.45, 2.75) is 46.6 Å². The fourth-order valence-corrected chi connectivity index (χ4v) is 3.06. The van der Waals surface area contributed by atoms with E-state index < -0.39 is 18.0 Å². The lowest BCUT2D eigenvalue weighted by molar-refractivity contribution is -0.142. The van der Waals surface area contributed by atoms with E-state index in [0.29, 0.717) is 28.2 Å². The number of nitrogens with one attached hydrogen (secondary N) is 1. The van der Waals surface area contributed by atoms with Crippen molar-refractivity contribution in [3.05, 3.63) is 64.2 Å². The number of carboxylic acid groups (broad SMARTS) is 1. The number of carbonyl (C=O) groups excluding carboxylic acids is 1. The number of aromatic nitrogens is 2. The molecule has 1 aromatic carbocycles. The minimum Gasteiger partial charge on any atom is -0.478 e. The smallest absolute Gasteiger partial charge is 0.332 e. The lowest BCUT2D eigenvalue weighted by Crippen LogP contribution is -2.13. The van der Waals surface area contributed by atoms with Gasteiger partial charge < -0.3 is 14.8 Å². The van der Waals surface area contributed by atoms with Crippen LogP contribution < -0.4 is 0 Å². The largest absolute Gasteiger partial charge is 0.478 e. The zero-order valence-corrected chi connectivity index (χ0v) is 17.9. The van der Waals surface area contributed by atoms with E-state index >= 15 is 0 Å². The molecule has 0 fully saturated rings. The first-order valence-corrected chi connectivity index (χ1v) is 9.98. The fraction of sp³-hybridized carbons (Fsp3) is 0.409. The predicted octanol–water partition coefficient (Wildman–Crippen LogP) is 4.73. The summed E-state index contributed by atoms with van der Waals surface area (Å²) in [6.45, 7) is 8.52. The molecule has 0 amide bonds. The Kier molecular flexibility index (Phi) is 8.02. The average molecular weight is 419 g/mol. The number of hydrogen-bond donors (Lipinski definition) is 2. The highest BCUT2D eigenvalue weighted by atomic mass is 35.5. The summed E-state index contributed by atoms with van der Waals surface area (Å²) in [4.78, 5) is 31.0. The summed E-state index contributed by atoms with van der Waals surface area (Å²) in [5.74, 6) is -0.618. The SMILES string of the molecule is CC(C)Cc1nc(C(OC(=O)/C=C\C(=O)O)c2ccc(Cl)cc2)[nH]c1CC(C)C. The summed E-state index contributed by atoms with van der Waals surface area (Å²) >= 11 is 5.99. The molecule has 2 rings (SSSR count). The molecular weight excluding hydrogens is 392 g/mol. The number of halogens is 1. The lowest BCUT2D eigenvalue weighted by atomic mass is 10.0. The third-order valence-electron chi connectivity index (χ3n) is 4.11. The topological polar surface area (TPSA) is 92.3 Å². The Balaban J connectivity index is 2.44. The molecule has 1 heterocycles. The van der Waals surface area contributed by atoms with Crippen LogP contribution in [0.3, 0.4) is 0 Å². The first kappa shape index (κ1) is 22.7. The quantitative estimate of drug-likeness (QED) is 0.453. The number of imidazole rings is 1. The summed E-state index contributed by atoms with van der Waals surface area (Å²) in [7, 11) is 0. The van der Waals surface area contributed by atoms with E-state index in [1.54, 1.807) is 24.3 Å². The highest BCUT2D eigenvalue weighted by molar-refractivity contribution is 6.30. The Morgan fingerprint density at radius 2 is 1.72 bits per heavy atom. The maximum Gasteiger partial charge on any atom is 0.332 e. The van der Waals surface area contributed by atoms with Crippen LogP contribution in [0.2, 0.25) is 5.02 Å². The van der Waals surface area contributed by atoms with Gasteiger partial charge in [-0.25, -0.2) is 14.6 Å². The van der Waals surface area contributed by atoms with Crippen molar-refractivity contribution in [2.24, 2.45) is 11.8 Å². The van der Waals surface area contributed by atoms with Gasteiger partial charge in [0.25, 0.3) is 0 Å². The van der Waals surface area contributed by atoms with E-state index in [2.05, 4.69) is 32.7 Å². The van der Waals surface area contributed by atoms with Crippen molar-refractivity contribution in [1.29, 1.82) is 0 Å². The lowest BCUT2D eigenvalue weighted by Gasteiger charge is -2.15. The number of rotatable bonds is 9. The van der Waals surface area contributed by atoms with E-state index in [-0.39, 0.29) is 0 Å². The minimum atomic E-state index is -1.22. The Hall–Kier alpha value is -2.60. The molecule has 2 N–H and O–H groups in total. The fourth-order valence-electron chi connectivity index (χ4n) is 2.94. The Morgan fingerprint density at radius 1 is 1.10 bits per heavy atom. The maximum absolute atomic E-state index is 12.2. The number of carbonyl (C=O) groups is 2. The zero-order valence-electron chi connectivity index (χ0n) is 17.1. The molecule has 1 unspecified atom stereocenters. The standard InChI is InChI=1S/C22H27ClN2O4/c1-13(2)11-17-18(12-14(3)4)25-22(24-17)21(15-5-7-16(23)8-6-15)29-20(28)10-9-19(26)27/h5-10,13-14,21H,11-12H2,1-4H3,(H,24,25)(H,26,27)/b10-9-. The van der Waals surface area contributed by atoms with Crippen LogP contribution in [0.15, 0.2) is 36.4 Å². The van der Waals surface area contributed by atoms with Crippen LogP contribution in [0, 0.1) is 11.8 Å². The van der Waals surface area contributed by atoms with Gasteiger partial charge in [0, 0.05) is 28.4 Å². The molecule has 156 valence electrons. The second kappa shape index (κ2) is 10.3. The van der Waals surface area contributed by atoms with E-state index in [1.165, 1.54) is 0 Å². The van der Waals surface area contributed by atoms with Crippen molar-refractivity contribution in [3.63, 3.8) is 0 Å². The third-order valence-corrected chi connectivity index (χ3v) is 4.37. The van der Waals surface area contributed by atoms with Crippen LogP contribution in [-0.2, 0) is 27.2 Å². The number of H-pyrrole nitrogens is 1. The number of aliphatic carboxylic acids is 1. The summed E-state index contributed by atoms with van der Waals surface area (Å²) < 4.78 is 5.57. The van der Waals surface area contributed by atoms with Gasteiger partial charge in [-0.3, -0.25) is 0 Å². The molecule has 29 heavy (non-hydrogen) atoms. The number of hydrogen-bond acceptors (Lipinski definition) is 4. The molecule has 0 saturated heterocycles. The number of ether oxygens (including phenoxy) is 1. The van der Waals surface area contributed by atoms with Crippen molar-refractivity contribution < 1.29 is 19.4 Å². The van der Waals surface area contributed by atoms with E-state index in [1.807, 2.05) is 0 Å². The maximum atomic E-state index is 12.2. The number of carboxylic acids is 1. The summed E-state index contributed by atoms with van der Waals surface area (Å²) in [6, 6.07) is 6.93. The van der Waals surface area contributed by atoms with Gasteiger partial charge in [-0.1, -0.05) is 51.4 Å². The second-order valence-corrected chi connectivity index (χ2v) is 8.22. The second-order valence-electron chi connectivity index (χ2n) is 7.78. The Bertz CT molecular complexity index is 842. The van der Waals surface area contributed by atoms with Gasteiger partial charge in [-0.15, -0.1) is 0 Å². The van der Waals surface area contributed by atoms with Crippen molar-refractivity contribution >= 4 is 23.5 Å². The summed E-state index contributed by atoms with van der Waals surface area (Å²) in [5.41, 5.74) is 2.67. The molecule has 0 aliphatic heterocycles. The van der Waals surface area contributed by atoms with Gasteiger partial charge in [0.2, 0.25) is 0 Å².